The molecule has 0 unspecified atom stereocenters. The molecule has 1 aliphatic rings. The number of aromatic carboxylic acids is 1. The van der Waals surface area contributed by atoms with Gasteiger partial charge < -0.3 is 19.9 Å². The van der Waals surface area contributed by atoms with Gasteiger partial charge in [-0.15, -0.1) is 0 Å². The molecule has 3 aromatic rings. The number of hydrazone groups is 1. The topological polar surface area (TPSA) is 118 Å². The largest absolute Gasteiger partial charge is 0.490 e. The van der Waals surface area contributed by atoms with Gasteiger partial charge in [0.05, 0.1) is 29.1 Å². The van der Waals surface area contributed by atoms with Crippen LogP contribution in [0.3, 0.4) is 0 Å². The van der Waals surface area contributed by atoms with Crippen LogP contribution >= 0.6 is 0 Å². The van der Waals surface area contributed by atoms with Gasteiger partial charge in [0.25, 0.3) is 11.8 Å². The maximum Gasteiger partial charge on any atom is 0.335 e. The van der Waals surface area contributed by atoms with Crippen LogP contribution in [0.25, 0.3) is 6.08 Å². The Morgan fingerprint density at radius 1 is 1.00 bits per heavy atom. The van der Waals surface area contributed by atoms with E-state index in [0.29, 0.717) is 46.3 Å². The number of carboxylic acid groups (broad SMARTS) is 1. The molecule has 2 amide bonds. The van der Waals surface area contributed by atoms with Gasteiger partial charge in [0.1, 0.15) is 0 Å². The van der Waals surface area contributed by atoms with Crippen LogP contribution in [0.2, 0.25) is 0 Å². The number of nitrogens with zero attached hydrogens (tertiary/aromatic N) is 2. The van der Waals surface area contributed by atoms with E-state index in [0.717, 1.165) is 5.56 Å². The van der Waals surface area contributed by atoms with Gasteiger partial charge in [-0.05, 0) is 80.4 Å². The van der Waals surface area contributed by atoms with Gasteiger partial charge >= 0.3 is 5.97 Å². The molecular formula is C29H27N3O6. The molecule has 0 fully saturated rings. The SMILES string of the molecule is CCOc1cc(C=C2C(=O)N(c3cccc(C(=O)O)c3)N=C2C)ccc1OCC(=O)Nc1cccc(C)c1. The zero-order chi connectivity index (χ0) is 27.2. The van der Waals surface area contributed by atoms with Gasteiger partial charge in [0.15, 0.2) is 18.1 Å². The minimum absolute atomic E-state index is 0.0603. The van der Waals surface area contributed by atoms with Crippen LogP contribution in [0.5, 0.6) is 11.5 Å². The van der Waals surface area contributed by atoms with Crippen molar-refractivity contribution in [2.24, 2.45) is 5.10 Å². The summed E-state index contributed by atoms with van der Waals surface area (Å²) in [5.41, 5.74) is 3.66. The second-order valence-electron chi connectivity index (χ2n) is 8.56. The summed E-state index contributed by atoms with van der Waals surface area (Å²) in [6.45, 7) is 5.65. The minimum atomic E-state index is -1.09. The summed E-state index contributed by atoms with van der Waals surface area (Å²) < 4.78 is 11.4. The lowest BCUT2D eigenvalue weighted by Gasteiger charge is -2.13. The average molecular weight is 514 g/mol. The van der Waals surface area contributed by atoms with Gasteiger partial charge in [-0.2, -0.15) is 10.1 Å². The first kappa shape index (κ1) is 26.2. The summed E-state index contributed by atoms with van der Waals surface area (Å²) in [5, 5.41) is 17.6. The standard InChI is InChI=1S/C29H27N3O6/c1-4-37-26-15-20(11-12-25(26)38-17-27(33)30-22-9-5-7-18(2)13-22)14-24-19(3)31-32(28(24)34)23-10-6-8-21(16-23)29(35)36/h5-16H,4,17H2,1-3H3,(H,30,33)(H,35,36). The van der Waals surface area contributed by atoms with Gasteiger partial charge in [-0.3, -0.25) is 9.59 Å². The molecule has 4 rings (SSSR count). The zero-order valence-electron chi connectivity index (χ0n) is 21.2. The molecule has 0 aliphatic carbocycles. The van der Waals surface area contributed by atoms with Crippen molar-refractivity contribution in [3.8, 4) is 11.5 Å². The fourth-order valence-corrected chi connectivity index (χ4v) is 3.86. The number of anilines is 2. The Kier molecular flexibility index (Phi) is 7.86. The van der Waals surface area contributed by atoms with Crippen LogP contribution in [0.1, 0.15) is 35.3 Å². The quantitative estimate of drug-likeness (QED) is 0.393. The average Bonchev–Trinajstić information content (AvgIpc) is 3.17. The Labute approximate surface area is 220 Å². The predicted molar refractivity (Wildman–Crippen MR) is 145 cm³/mol. The van der Waals surface area contributed by atoms with Gasteiger partial charge in [0, 0.05) is 5.69 Å². The Hall–Kier alpha value is -4.92. The number of amides is 2. The molecule has 0 radical (unpaired) electrons. The number of carbonyl (C=O) groups excluding carboxylic acids is 2. The molecular weight excluding hydrogens is 486 g/mol. The molecule has 1 heterocycles. The highest BCUT2D eigenvalue weighted by atomic mass is 16.5. The molecule has 0 spiro atoms. The lowest BCUT2D eigenvalue weighted by molar-refractivity contribution is -0.118. The number of hydrogen-bond acceptors (Lipinski definition) is 6. The molecule has 0 saturated heterocycles. The Balaban J connectivity index is 1.50. The summed E-state index contributed by atoms with van der Waals surface area (Å²) in [7, 11) is 0. The predicted octanol–water partition coefficient (Wildman–Crippen LogP) is 4.92. The number of carboxylic acids is 1. The van der Waals surface area contributed by atoms with Crippen LogP contribution in [0.15, 0.2) is 77.4 Å². The molecule has 0 bridgehead atoms. The van der Waals surface area contributed by atoms with Crippen LogP contribution in [0, 0.1) is 6.92 Å². The van der Waals surface area contributed by atoms with Gasteiger partial charge in [0.2, 0.25) is 0 Å². The molecule has 9 nitrogen and oxygen atoms in total. The van der Waals surface area contributed by atoms with E-state index < -0.39 is 5.97 Å². The number of aryl methyl sites for hydroxylation is 1. The van der Waals surface area contributed by atoms with Gasteiger partial charge in [-0.25, -0.2) is 4.79 Å². The Bertz CT molecular complexity index is 1460. The number of benzene rings is 3. The normalized spacial score (nSPS) is 13.9. The lowest BCUT2D eigenvalue weighted by Crippen LogP contribution is -2.21. The highest BCUT2D eigenvalue weighted by molar-refractivity contribution is 6.32. The molecule has 1 aliphatic heterocycles. The van der Waals surface area contributed by atoms with Crippen molar-refractivity contribution in [2.45, 2.75) is 20.8 Å². The van der Waals surface area contributed by atoms with Gasteiger partial charge in [-0.1, -0.05) is 24.3 Å². The molecule has 0 atom stereocenters. The summed E-state index contributed by atoms with van der Waals surface area (Å²) in [6, 6.07) is 18.7. The molecule has 9 heteroatoms. The fourth-order valence-electron chi connectivity index (χ4n) is 3.86. The fraction of sp³-hybridized carbons (Fsp3) is 0.172. The Morgan fingerprint density at radius 2 is 1.79 bits per heavy atom. The smallest absolute Gasteiger partial charge is 0.335 e. The third-order valence-electron chi connectivity index (χ3n) is 5.64. The summed E-state index contributed by atoms with van der Waals surface area (Å²) in [4.78, 5) is 36.8. The van der Waals surface area contributed by atoms with Crippen LogP contribution in [-0.2, 0) is 9.59 Å². The van der Waals surface area contributed by atoms with E-state index in [1.54, 1.807) is 49.4 Å². The highest BCUT2D eigenvalue weighted by Gasteiger charge is 2.29. The first-order valence-corrected chi connectivity index (χ1v) is 12.0. The first-order chi connectivity index (χ1) is 18.2. The maximum absolute atomic E-state index is 13.1. The number of rotatable bonds is 9. The van der Waals surface area contributed by atoms with E-state index in [-0.39, 0.29) is 24.0 Å². The van der Waals surface area contributed by atoms with Crippen molar-refractivity contribution >= 4 is 40.9 Å². The molecule has 2 N–H and O–H groups in total. The van der Waals surface area contributed by atoms with E-state index in [4.69, 9.17) is 9.47 Å². The van der Waals surface area contributed by atoms with E-state index in [2.05, 4.69) is 10.4 Å². The van der Waals surface area contributed by atoms with Crippen LogP contribution < -0.4 is 19.8 Å². The van der Waals surface area contributed by atoms with Crippen LogP contribution in [0.4, 0.5) is 11.4 Å². The highest BCUT2D eigenvalue weighted by Crippen LogP contribution is 2.31. The van der Waals surface area contributed by atoms with Crippen molar-refractivity contribution in [3.63, 3.8) is 0 Å². The zero-order valence-corrected chi connectivity index (χ0v) is 21.2. The third kappa shape index (κ3) is 6.07. The minimum Gasteiger partial charge on any atom is -0.490 e. The second kappa shape index (κ2) is 11.4. The summed E-state index contributed by atoms with van der Waals surface area (Å²) >= 11 is 0. The van der Waals surface area contributed by atoms with E-state index in [1.807, 2.05) is 32.0 Å². The number of carbonyl (C=O) groups is 3. The van der Waals surface area contributed by atoms with Crippen molar-refractivity contribution < 1.29 is 29.0 Å². The molecule has 38 heavy (non-hydrogen) atoms. The molecule has 3 aromatic carbocycles. The lowest BCUT2D eigenvalue weighted by atomic mass is 10.1. The summed E-state index contributed by atoms with van der Waals surface area (Å²) in [6.07, 6.45) is 1.68. The number of nitrogens with one attached hydrogen (secondary N) is 1. The molecule has 194 valence electrons. The van der Waals surface area contributed by atoms with E-state index >= 15 is 0 Å². The van der Waals surface area contributed by atoms with E-state index in [9.17, 15) is 19.5 Å². The van der Waals surface area contributed by atoms with Crippen molar-refractivity contribution in [1.82, 2.24) is 0 Å². The van der Waals surface area contributed by atoms with E-state index in [1.165, 1.54) is 17.1 Å². The monoisotopic (exact) mass is 513 g/mol. The van der Waals surface area contributed by atoms with Crippen molar-refractivity contribution in [2.75, 3.05) is 23.5 Å². The number of hydrogen-bond donors (Lipinski definition) is 2. The van der Waals surface area contributed by atoms with Crippen molar-refractivity contribution in [1.29, 1.82) is 0 Å². The first-order valence-electron chi connectivity index (χ1n) is 12.0. The number of ether oxygens (including phenoxy) is 2. The third-order valence-corrected chi connectivity index (χ3v) is 5.64. The molecule has 0 aromatic heterocycles. The Morgan fingerprint density at radius 3 is 2.53 bits per heavy atom. The van der Waals surface area contributed by atoms with Crippen LogP contribution in [-0.4, -0.2) is 41.8 Å². The molecule has 0 saturated carbocycles. The second-order valence-corrected chi connectivity index (χ2v) is 8.56. The summed E-state index contributed by atoms with van der Waals surface area (Å²) in [5.74, 6) is -0.955. The van der Waals surface area contributed by atoms with Crippen molar-refractivity contribution in [3.05, 3.63) is 89.0 Å². The maximum atomic E-state index is 13.1.